The lowest BCUT2D eigenvalue weighted by molar-refractivity contribution is -0.139. The van der Waals surface area contributed by atoms with E-state index < -0.39 is 29.2 Å². The van der Waals surface area contributed by atoms with Crippen molar-refractivity contribution >= 4 is 11.6 Å². The number of nitrogens with one attached hydrogen (secondary N) is 1. The Morgan fingerprint density at radius 1 is 1.17 bits per heavy atom. The number of alkyl halides is 3. The smallest absolute Gasteiger partial charge is 0.416 e. The van der Waals surface area contributed by atoms with Gasteiger partial charge in [-0.25, -0.2) is 4.39 Å². The fourth-order valence-electron chi connectivity index (χ4n) is 2.97. The van der Waals surface area contributed by atoms with Crippen LogP contribution in [-0.2, 0) is 6.18 Å². The van der Waals surface area contributed by atoms with Gasteiger partial charge in [-0.2, -0.15) is 13.2 Å². The monoisotopic (exact) mass is 362 g/mol. The summed E-state index contributed by atoms with van der Waals surface area (Å²) in [6.45, 7) is 2.13. The van der Waals surface area contributed by atoms with Gasteiger partial charge in [0.15, 0.2) is 0 Å². The summed E-state index contributed by atoms with van der Waals surface area (Å²) in [4.78, 5) is 1.76. The third-order valence-electron chi connectivity index (χ3n) is 4.04. The quantitative estimate of drug-likeness (QED) is 0.834. The van der Waals surface area contributed by atoms with E-state index in [9.17, 15) is 17.6 Å². The number of piperazine rings is 1. The van der Waals surface area contributed by atoms with E-state index in [1.54, 1.807) is 17.0 Å². The first-order valence-corrected chi connectivity index (χ1v) is 7.80. The van der Waals surface area contributed by atoms with Crippen molar-refractivity contribution in [1.29, 1.82) is 0 Å². The minimum atomic E-state index is -4.69. The van der Waals surface area contributed by atoms with Gasteiger partial charge in [0.25, 0.3) is 0 Å². The molecule has 1 saturated heterocycles. The molecule has 0 radical (unpaired) electrons. The zero-order valence-electron chi connectivity index (χ0n) is 12.5. The van der Waals surface area contributed by atoms with E-state index in [2.05, 4.69) is 5.32 Å². The average Bonchev–Trinajstić information content (AvgIpc) is 3.06. The van der Waals surface area contributed by atoms with E-state index in [0.717, 1.165) is 12.1 Å². The Kier molecular flexibility index (Phi) is 4.85. The highest BCUT2D eigenvalue weighted by Crippen LogP contribution is 2.42. The van der Waals surface area contributed by atoms with Crippen LogP contribution >= 0.6 is 11.6 Å². The molecule has 1 aromatic heterocycles. The molecule has 3 nitrogen and oxygen atoms in total. The van der Waals surface area contributed by atoms with Gasteiger partial charge in [-0.15, -0.1) is 0 Å². The third kappa shape index (κ3) is 3.29. The van der Waals surface area contributed by atoms with Crippen LogP contribution in [0.5, 0.6) is 0 Å². The second-order valence-electron chi connectivity index (χ2n) is 5.52. The SMILES string of the molecule is Fc1c(Cl)ccc(C(F)(F)F)c1[C@@H](c1ccco1)N1CCNCC1. The largest absolute Gasteiger partial charge is 0.467 e. The number of hydrogen-bond donors (Lipinski definition) is 1. The van der Waals surface area contributed by atoms with E-state index in [1.165, 1.54) is 6.26 Å². The normalized spacial score (nSPS) is 17.9. The van der Waals surface area contributed by atoms with Crippen molar-refractivity contribution in [3.63, 3.8) is 0 Å². The zero-order chi connectivity index (χ0) is 17.3. The topological polar surface area (TPSA) is 28.4 Å². The van der Waals surface area contributed by atoms with E-state index in [-0.39, 0.29) is 10.8 Å². The van der Waals surface area contributed by atoms with Gasteiger partial charge in [-0.05, 0) is 24.3 Å². The van der Waals surface area contributed by atoms with Gasteiger partial charge in [0, 0.05) is 31.7 Å². The highest BCUT2D eigenvalue weighted by atomic mass is 35.5. The molecule has 3 rings (SSSR count). The van der Waals surface area contributed by atoms with Crippen molar-refractivity contribution in [1.82, 2.24) is 10.2 Å². The number of benzene rings is 1. The Balaban J connectivity index is 2.19. The molecule has 0 bridgehead atoms. The fraction of sp³-hybridized carbons (Fsp3) is 0.375. The molecule has 24 heavy (non-hydrogen) atoms. The molecular formula is C16H15ClF4N2O. The van der Waals surface area contributed by atoms with Crippen LogP contribution in [0.15, 0.2) is 34.9 Å². The number of hydrogen-bond acceptors (Lipinski definition) is 3. The highest BCUT2D eigenvalue weighted by Gasteiger charge is 2.40. The summed E-state index contributed by atoms with van der Waals surface area (Å²) in [6, 6.07) is 3.88. The van der Waals surface area contributed by atoms with Gasteiger partial charge in [0.2, 0.25) is 0 Å². The van der Waals surface area contributed by atoms with E-state index in [4.69, 9.17) is 16.0 Å². The second-order valence-corrected chi connectivity index (χ2v) is 5.93. The molecule has 0 unspecified atom stereocenters. The fourth-order valence-corrected chi connectivity index (χ4v) is 3.14. The summed E-state index contributed by atoms with van der Waals surface area (Å²) in [5.41, 5.74) is -1.53. The number of rotatable bonds is 3. The summed E-state index contributed by atoms with van der Waals surface area (Å²) in [7, 11) is 0. The Morgan fingerprint density at radius 3 is 2.46 bits per heavy atom. The van der Waals surface area contributed by atoms with E-state index in [0.29, 0.717) is 26.2 Å². The maximum Gasteiger partial charge on any atom is 0.416 e. The first kappa shape index (κ1) is 17.3. The Morgan fingerprint density at radius 2 is 1.88 bits per heavy atom. The summed E-state index contributed by atoms with van der Waals surface area (Å²) >= 11 is 5.78. The van der Waals surface area contributed by atoms with Crippen molar-refractivity contribution < 1.29 is 22.0 Å². The summed E-state index contributed by atoms with van der Waals surface area (Å²) in [5, 5.41) is 2.78. The molecule has 8 heteroatoms. The maximum atomic E-state index is 14.7. The molecular weight excluding hydrogens is 348 g/mol. The van der Waals surface area contributed by atoms with Crippen LogP contribution in [0.3, 0.4) is 0 Å². The van der Waals surface area contributed by atoms with Gasteiger partial charge < -0.3 is 9.73 Å². The van der Waals surface area contributed by atoms with Crippen LogP contribution in [0, 0.1) is 5.82 Å². The van der Waals surface area contributed by atoms with Gasteiger partial charge in [0.1, 0.15) is 11.6 Å². The lowest BCUT2D eigenvalue weighted by Gasteiger charge is -2.35. The van der Waals surface area contributed by atoms with Crippen LogP contribution in [0.25, 0.3) is 0 Å². The van der Waals surface area contributed by atoms with Crippen molar-refractivity contribution in [2.45, 2.75) is 12.2 Å². The predicted octanol–water partition coefficient (Wildman–Crippen LogP) is 4.09. The van der Waals surface area contributed by atoms with E-state index in [1.807, 2.05) is 0 Å². The number of nitrogens with zero attached hydrogens (tertiary/aromatic N) is 1. The zero-order valence-corrected chi connectivity index (χ0v) is 13.3. The molecule has 0 saturated carbocycles. The van der Waals surface area contributed by atoms with Crippen LogP contribution in [-0.4, -0.2) is 31.1 Å². The molecule has 130 valence electrons. The van der Waals surface area contributed by atoms with Crippen LogP contribution < -0.4 is 5.32 Å². The summed E-state index contributed by atoms with van der Waals surface area (Å²) in [5.74, 6) is -0.810. The lowest BCUT2D eigenvalue weighted by Crippen LogP contribution is -2.46. The lowest BCUT2D eigenvalue weighted by atomic mass is 9.95. The van der Waals surface area contributed by atoms with Gasteiger partial charge in [0.05, 0.1) is 22.9 Å². The van der Waals surface area contributed by atoms with E-state index >= 15 is 0 Å². The number of furan rings is 1. The summed E-state index contributed by atoms with van der Waals surface area (Å²) in [6.07, 6.45) is -3.33. The molecule has 0 aliphatic carbocycles. The minimum Gasteiger partial charge on any atom is -0.467 e. The van der Waals surface area contributed by atoms with Crippen LogP contribution in [0.4, 0.5) is 17.6 Å². The third-order valence-corrected chi connectivity index (χ3v) is 4.33. The summed E-state index contributed by atoms with van der Waals surface area (Å²) < 4.78 is 60.4. The molecule has 2 aromatic rings. The maximum absolute atomic E-state index is 14.7. The molecule has 1 aromatic carbocycles. The molecule has 1 aliphatic heterocycles. The van der Waals surface area contributed by atoms with Crippen molar-refractivity contribution in [3.05, 3.63) is 58.3 Å². The van der Waals surface area contributed by atoms with Gasteiger partial charge >= 0.3 is 6.18 Å². The predicted molar refractivity (Wildman–Crippen MR) is 81.4 cm³/mol. The second kappa shape index (κ2) is 6.74. The molecule has 1 fully saturated rings. The molecule has 0 spiro atoms. The average molecular weight is 363 g/mol. The highest BCUT2D eigenvalue weighted by molar-refractivity contribution is 6.30. The Hall–Kier alpha value is -1.57. The molecule has 1 atom stereocenters. The van der Waals surface area contributed by atoms with Gasteiger partial charge in [-0.1, -0.05) is 11.6 Å². The molecule has 1 aliphatic rings. The van der Waals surface area contributed by atoms with Crippen LogP contribution in [0.2, 0.25) is 5.02 Å². The molecule has 1 N–H and O–H groups in total. The Labute approximate surface area is 141 Å². The first-order chi connectivity index (χ1) is 11.4. The van der Waals surface area contributed by atoms with Crippen molar-refractivity contribution in [2.24, 2.45) is 0 Å². The van der Waals surface area contributed by atoms with Crippen molar-refractivity contribution in [3.8, 4) is 0 Å². The van der Waals surface area contributed by atoms with Crippen molar-refractivity contribution in [2.75, 3.05) is 26.2 Å². The van der Waals surface area contributed by atoms with Crippen LogP contribution in [0.1, 0.15) is 22.9 Å². The van der Waals surface area contributed by atoms with Gasteiger partial charge in [-0.3, -0.25) is 4.90 Å². The molecule has 2 heterocycles. The molecule has 0 amide bonds. The number of halogens is 5. The minimum absolute atomic E-state index is 0.253. The standard InChI is InChI=1S/C16H15ClF4N2O/c17-11-4-3-10(16(19,20)21)13(14(11)18)15(12-2-1-9-24-12)23-7-5-22-6-8-23/h1-4,9,15,22H,5-8H2/t15-/m1/s1. The first-order valence-electron chi connectivity index (χ1n) is 7.43. The Bertz CT molecular complexity index is 697.